The molecule has 39 heavy (non-hydrogen) atoms. The van der Waals surface area contributed by atoms with E-state index >= 15 is 0 Å². The molecule has 0 amide bonds. The van der Waals surface area contributed by atoms with Gasteiger partial charge in [-0.25, -0.2) is 4.39 Å². The maximum Gasteiger partial charge on any atom is 0.158 e. The molecule has 5 aromatic carbocycles. The fourth-order valence-electron chi connectivity index (χ4n) is 5.05. The fourth-order valence-corrected chi connectivity index (χ4v) is 5.05. The summed E-state index contributed by atoms with van der Waals surface area (Å²) in [6.45, 7) is 12.0. The molecule has 194 valence electrons. The smallest absolute Gasteiger partial charge is 0.158 e. The van der Waals surface area contributed by atoms with Gasteiger partial charge in [0.2, 0.25) is 0 Å². The number of nitriles is 2. The lowest BCUT2D eigenvalue weighted by Crippen LogP contribution is -2.29. The summed E-state index contributed by atoms with van der Waals surface area (Å²) >= 11 is 0. The third-order valence-corrected chi connectivity index (χ3v) is 6.53. The number of hydrogen-bond donors (Lipinski definition) is 0. The van der Waals surface area contributed by atoms with Gasteiger partial charge in [0.15, 0.2) is 5.82 Å². The molecule has 5 rings (SSSR count). The molecule has 0 aliphatic rings. The lowest BCUT2D eigenvalue weighted by atomic mass is 9.86. The lowest BCUT2D eigenvalue weighted by Gasteiger charge is -2.17. The predicted octanol–water partition coefficient (Wildman–Crippen LogP) is 8.86. The highest BCUT2D eigenvalue weighted by Crippen LogP contribution is 2.35. The summed E-state index contributed by atoms with van der Waals surface area (Å²) < 4.78 is 14.6. The molecular formula is C36H33FN2. The van der Waals surface area contributed by atoms with E-state index in [0.29, 0.717) is 5.56 Å². The minimum absolute atomic E-state index is 0.134. The van der Waals surface area contributed by atoms with Crippen molar-refractivity contribution in [3.05, 3.63) is 106 Å². The summed E-state index contributed by atoms with van der Waals surface area (Å²) in [6, 6.07) is 29.7. The molecule has 2 nitrogen and oxygen atoms in total. The molecule has 0 atom stereocenters. The van der Waals surface area contributed by atoms with Crippen molar-refractivity contribution in [2.24, 2.45) is 0 Å². The van der Waals surface area contributed by atoms with Crippen LogP contribution in [0.1, 0.15) is 52.7 Å². The van der Waals surface area contributed by atoms with Gasteiger partial charge in [0.05, 0.1) is 11.1 Å². The first kappa shape index (κ1) is 28.8. The van der Waals surface area contributed by atoms with E-state index in [1.807, 2.05) is 84.0 Å². The predicted molar refractivity (Wildman–Crippen MR) is 164 cm³/mol. The second-order valence-corrected chi connectivity index (χ2v) is 8.34. The van der Waals surface area contributed by atoms with Gasteiger partial charge in [-0.1, -0.05) is 107 Å². The van der Waals surface area contributed by atoms with E-state index in [1.54, 1.807) is 12.1 Å². The van der Waals surface area contributed by atoms with Crippen LogP contribution in [0, 0.1) is 28.5 Å². The molecule has 0 saturated carbocycles. The number of halogens is 1. The van der Waals surface area contributed by atoms with Crippen LogP contribution in [0.4, 0.5) is 4.39 Å². The molecule has 3 heteroatoms. The van der Waals surface area contributed by atoms with Gasteiger partial charge in [-0.2, -0.15) is 10.5 Å². The number of fused-ring (bicyclic) bond motifs is 2. The van der Waals surface area contributed by atoms with E-state index in [-0.39, 0.29) is 11.1 Å². The topological polar surface area (TPSA) is 47.6 Å². The minimum Gasteiger partial charge on any atom is -0.204 e. The summed E-state index contributed by atoms with van der Waals surface area (Å²) in [4.78, 5) is 0. The van der Waals surface area contributed by atoms with Crippen LogP contribution in [-0.2, 0) is 0 Å². The molecule has 5 aromatic rings. The first-order valence-corrected chi connectivity index (χ1v) is 13.4. The third-order valence-electron chi connectivity index (χ3n) is 6.53. The van der Waals surface area contributed by atoms with Crippen molar-refractivity contribution in [3.63, 3.8) is 0 Å². The maximum atomic E-state index is 14.6. The van der Waals surface area contributed by atoms with Crippen LogP contribution in [0.2, 0.25) is 0 Å². The summed E-state index contributed by atoms with van der Waals surface area (Å²) in [7, 11) is 0. The standard InChI is InChI=1S/C32H21FN2.2C2H6/c1-3-24-25(4-2)31(27-15-9-11-20-10-5-6-12-26(20)27)29-14-8-7-13-28(29)30(24)21-16-22(18-34)32(33)23(17-21)19-35;2*1-2/h3-17H,1-2H3;2*1-2H3/b24-3+,25-4+;;. The molecule has 0 aliphatic heterocycles. The van der Waals surface area contributed by atoms with E-state index in [1.165, 1.54) is 5.39 Å². The normalized spacial score (nSPS) is 11.2. The lowest BCUT2D eigenvalue weighted by molar-refractivity contribution is 0.620. The quantitative estimate of drug-likeness (QED) is 0.237. The van der Waals surface area contributed by atoms with Crippen molar-refractivity contribution in [1.82, 2.24) is 0 Å². The van der Waals surface area contributed by atoms with Crippen LogP contribution < -0.4 is 10.4 Å². The Bertz CT molecular complexity index is 1810. The Morgan fingerprint density at radius 2 is 1.08 bits per heavy atom. The second-order valence-electron chi connectivity index (χ2n) is 8.34. The number of hydrogen-bond acceptors (Lipinski definition) is 2. The van der Waals surface area contributed by atoms with E-state index in [2.05, 4.69) is 48.5 Å². The Kier molecular flexibility index (Phi) is 9.75. The fraction of sp³-hybridized carbons (Fsp3) is 0.167. The van der Waals surface area contributed by atoms with E-state index in [9.17, 15) is 14.9 Å². The molecule has 0 bridgehead atoms. The summed E-state index contributed by atoms with van der Waals surface area (Å²) in [5.74, 6) is -0.778. The van der Waals surface area contributed by atoms with Crippen LogP contribution in [0.15, 0.2) is 78.9 Å². The summed E-state index contributed by atoms with van der Waals surface area (Å²) in [6.07, 6.45) is 4.15. The highest BCUT2D eigenvalue weighted by Gasteiger charge is 2.18. The second kappa shape index (κ2) is 13.2. The zero-order chi connectivity index (χ0) is 28.5. The van der Waals surface area contributed by atoms with Gasteiger partial charge in [-0.3, -0.25) is 0 Å². The van der Waals surface area contributed by atoms with Crippen molar-refractivity contribution in [3.8, 4) is 34.4 Å². The zero-order valence-electron chi connectivity index (χ0n) is 23.4. The van der Waals surface area contributed by atoms with Gasteiger partial charge in [-0.15, -0.1) is 0 Å². The molecular weight excluding hydrogens is 479 g/mol. The average Bonchev–Trinajstić information content (AvgIpc) is 3.01. The van der Waals surface area contributed by atoms with E-state index in [0.717, 1.165) is 43.3 Å². The Labute approximate surface area is 230 Å². The molecule has 0 radical (unpaired) electrons. The van der Waals surface area contributed by atoms with Gasteiger partial charge in [0.1, 0.15) is 12.1 Å². The molecule has 0 heterocycles. The van der Waals surface area contributed by atoms with Gasteiger partial charge in [0, 0.05) is 0 Å². The molecule has 0 spiro atoms. The first-order valence-electron chi connectivity index (χ1n) is 13.4. The molecule has 0 saturated heterocycles. The summed E-state index contributed by atoms with van der Waals surface area (Å²) in [5, 5.41) is 25.5. The maximum absolute atomic E-state index is 14.6. The van der Waals surface area contributed by atoms with E-state index in [4.69, 9.17) is 0 Å². The van der Waals surface area contributed by atoms with Crippen LogP contribution in [-0.4, -0.2) is 0 Å². The SMILES string of the molecule is C/C=c1/c(-c2cc(C#N)c(F)c(C#N)c2)c2ccccc2c(-c2cccc3ccccc23)/c1=C/C.CC.CC. The third kappa shape index (κ3) is 5.18. The van der Waals surface area contributed by atoms with Crippen molar-refractivity contribution >= 4 is 33.7 Å². The zero-order valence-corrected chi connectivity index (χ0v) is 23.4. The van der Waals surface area contributed by atoms with Crippen molar-refractivity contribution in [2.45, 2.75) is 41.5 Å². The monoisotopic (exact) mass is 512 g/mol. The number of nitrogens with zero attached hydrogens (tertiary/aromatic N) is 2. The Balaban J connectivity index is 0.00000100. The Morgan fingerprint density at radius 3 is 1.62 bits per heavy atom. The van der Waals surface area contributed by atoms with Crippen LogP contribution in [0.5, 0.6) is 0 Å². The van der Waals surface area contributed by atoms with Crippen LogP contribution >= 0.6 is 0 Å². The molecule has 0 unspecified atom stereocenters. The first-order chi connectivity index (χ1) is 19.1. The highest BCUT2D eigenvalue weighted by molar-refractivity contribution is 6.10. The van der Waals surface area contributed by atoms with Gasteiger partial charge >= 0.3 is 0 Å². The van der Waals surface area contributed by atoms with Gasteiger partial charge in [0.25, 0.3) is 0 Å². The summed E-state index contributed by atoms with van der Waals surface area (Å²) in [5.41, 5.74) is 3.52. The van der Waals surface area contributed by atoms with Gasteiger partial charge < -0.3 is 0 Å². The average molecular weight is 513 g/mol. The Hall–Kier alpha value is -4.73. The van der Waals surface area contributed by atoms with Crippen molar-refractivity contribution < 1.29 is 4.39 Å². The Morgan fingerprint density at radius 1 is 0.615 bits per heavy atom. The highest BCUT2D eigenvalue weighted by atomic mass is 19.1. The minimum atomic E-state index is -0.778. The van der Waals surface area contributed by atoms with Crippen LogP contribution in [0.25, 0.3) is 56.0 Å². The van der Waals surface area contributed by atoms with Crippen molar-refractivity contribution in [2.75, 3.05) is 0 Å². The molecule has 0 aliphatic carbocycles. The number of rotatable bonds is 2. The molecule has 0 fully saturated rings. The van der Waals surface area contributed by atoms with Crippen molar-refractivity contribution in [1.29, 1.82) is 10.5 Å². The largest absolute Gasteiger partial charge is 0.204 e. The van der Waals surface area contributed by atoms with Crippen LogP contribution in [0.3, 0.4) is 0 Å². The molecule has 0 aromatic heterocycles. The van der Waals surface area contributed by atoms with E-state index < -0.39 is 5.82 Å². The molecule has 0 N–H and O–H groups in total. The number of benzene rings is 5. The van der Waals surface area contributed by atoms with Gasteiger partial charge in [-0.05, 0) is 80.2 Å².